The molecule has 0 spiro atoms. The minimum atomic E-state index is -0.257. The van der Waals surface area contributed by atoms with Crippen LogP contribution in [0.5, 0.6) is 0 Å². The zero-order valence-electron chi connectivity index (χ0n) is 15.0. The van der Waals surface area contributed by atoms with E-state index < -0.39 is 0 Å². The number of para-hydroxylation sites is 1. The number of carbonyl (C=O) groups is 1. The van der Waals surface area contributed by atoms with Gasteiger partial charge in [0.05, 0.1) is 17.3 Å². The molecule has 1 heterocycles. The van der Waals surface area contributed by atoms with E-state index in [0.29, 0.717) is 0 Å². The molecule has 0 bridgehead atoms. The monoisotopic (exact) mass is 331 g/mol. The van der Waals surface area contributed by atoms with E-state index in [2.05, 4.69) is 26.0 Å². The van der Waals surface area contributed by atoms with Gasteiger partial charge >= 0.3 is 0 Å². The quantitative estimate of drug-likeness (QED) is 0.615. The largest absolute Gasteiger partial charge is 0.376 e. The Bertz CT molecular complexity index is 1000. The highest BCUT2D eigenvalue weighted by Gasteiger charge is 2.43. The van der Waals surface area contributed by atoms with Crippen molar-refractivity contribution in [2.75, 3.05) is 7.11 Å². The van der Waals surface area contributed by atoms with Crippen molar-refractivity contribution in [3.63, 3.8) is 0 Å². The summed E-state index contributed by atoms with van der Waals surface area (Å²) in [6.45, 7) is 5.96. The molecule has 1 unspecified atom stereocenters. The van der Waals surface area contributed by atoms with E-state index in [4.69, 9.17) is 9.72 Å². The molecule has 3 nitrogen and oxygen atoms in total. The number of ketones is 1. The highest BCUT2D eigenvalue weighted by Crippen LogP contribution is 2.51. The van der Waals surface area contributed by atoms with E-state index in [1.807, 2.05) is 36.4 Å². The predicted molar refractivity (Wildman–Crippen MR) is 100.0 cm³/mol. The molecule has 1 aromatic heterocycles. The number of pyridine rings is 1. The summed E-state index contributed by atoms with van der Waals surface area (Å²) in [5.41, 5.74) is 5.39. The summed E-state index contributed by atoms with van der Waals surface area (Å²) in [4.78, 5) is 17.6. The number of benzene rings is 2. The molecular formula is C22H21NO2. The highest BCUT2D eigenvalue weighted by atomic mass is 16.5. The summed E-state index contributed by atoms with van der Waals surface area (Å²) in [5.74, 6) is 0.0482. The van der Waals surface area contributed by atoms with Crippen molar-refractivity contribution < 1.29 is 9.53 Å². The number of carbonyl (C=O) groups excluding carboxylic acids is 1. The van der Waals surface area contributed by atoms with Gasteiger partial charge in [0.25, 0.3) is 0 Å². The van der Waals surface area contributed by atoms with Gasteiger partial charge in [-0.1, -0.05) is 56.3 Å². The molecule has 0 N–H and O–H groups in total. The Morgan fingerprint density at radius 3 is 2.48 bits per heavy atom. The molecule has 3 aromatic rings. The first-order valence-corrected chi connectivity index (χ1v) is 8.53. The van der Waals surface area contributed by atoms with Crippen molar-refractivity contribution in [2.45, 2.75) is 32.3 Å². The third kappa shape index (κ3) is 2.16. The standard InChI is InChI=1S/C22H21NO2/c1-13(24)18-15-10-6-8-12-17(15)23-20-14-9-5-7-11-16(14)22(2,3)21(25-4)19(18)20/h5-12,21H,1-4H3. The SMILES string of the molecule is COC1c2c(nc3ccccc3c2C(C)=O)-c2ccccc2C1(C)C. The first-order valence-electron chi connectivity index (χ1n) is 8.53. The van der Waals surface area contributed by atoms with E-state index in [1.165, 1.54) is 5.56 Å². The average molecular weight is 331 g/mol. The van der Waals surface area contributed by atoms with E-state index in [9.17, 15) is 4.79 Å². The van der Waals surface area contributed by atoms with Gasteiger partial charge in [-0.05, 0) is 18.6 Å². The second-order valence-electron chi connectivity index (χ2n) is 7.21. The lowest BCUT2D eigenvalue weighted by atomic mass is 9.68. The molecule has 0 aliphatic heterocycles. The fraction of sp³-hybridized carbons (Fsp3) is 0.273. The number of hydrogen-bond acceptors (Lipinski definition) is 3. The molecule has 0 amide bonds. The number of methoxy groups -OCH3 is 1. The van der Waals surface area contributed by atoms with Crippen LogP contribution in [0.3, 0.4) is 0 Å². The van der Waals surface area contributed by atoms with Gasteiger partial charge in [0.2, 0.25) is 0 Å². The number of nitrogens with zero attached hydrogens (tertiary/aromatic N) is 1. The molecule has 126 valence electrons. The van der Waals surface area contributed by atoms with Crippen LogP contribution in [0.25, 0.3) is 22.2 Å². The molecule has 0 saturated heterocycles. The van der Waals surface area contributed by atoms with E-state index >= 15 is 0 Å². The van der Waals surface area contributed by atoms with E-state index in [1.54, 1.807) is 14.0 Å². The Labute approximate surface area is 147 Å². The van der Waals surface area contributed by atoms with Crippen molar-refractivity contribution in [3.8, 4) is 11.3 Å². The van der Waals surface area contributed by atoms with Crippen LogP contribution in [0.4, 0.5) is 0 Å². The normalized spacial score (nSPS) is 17.8. The van der Waals surface area contributed by atoms with E-state index in [-0.39, 0.29) is 17.3 Å². The van der Waals surface area contributed by atoms with Crippen LogP contribution >= 0.6 is 0 Å². The first kappa shape index (κ1) is 16.0. The zero-order chi connectivity index (χ0) is 17.8. The number of rotatable bonds is 2. The molecule has 1 aliphatic rings. The average Bonchev–Trinajstić information content (AvgIpc) is 2.60. The van der Waals surface area contributed by atoms with Crippen LogP contribution in [0.1, 0.15) is 48.4 Å². The fourth-order valence-corrected chi connectivity index (χ4v) is 4.23. The molecule has 0 saturated carbocycles. The lowest BCUT2D eigenvalue weighted by Crippen LogP contribution is -2.34. The van der Waals surface area contributed by atoms with Gasteiger partial charge in [-0.25, -0.2) is 4.98 Å². The summed E-state index contributed by atoms with van der Waals surface area (Å²) < 4.78 is 5.94. The van der Waals surface area contributed by atoms with Gasteiger partial charge in [0, 0.05) is 34.6 Å². The molecule has 1 atom stereocenters. The molecule has 1 aliphatic carbocycles. The maximum Gasteiger partial charge on any atom is 0.160 e. The zero-order valence-corrected chi connectivity index (χ0v) is 15.0. The molecule has 0 radical (unpaired) electrons. The van der Waals surface area contributed by atoms with Gasteiger partial charge < -0.3 is 4.74 Å². The van der Waals surface area contributed by atoms with Crippen LogP contribution < -0.4 is 0 Å². The minimum Gasteiger partial charge on any atom is -0.376 e. The molecule has 0 fully saturated rings. The van der Waals surface area contributed by atoms with E-state index in [0.717, 1.165) is 33.3 Å². The van der Waals surface area contributed by atoms with Gasteiger partial charge in [-0.3, -0.25) is 4.79 Å². The number of Topliss-reactive ketones (excluding diaryl/α,β-unsaturated/α-hetero) is 1. The molecule has 3 heteroatoms. The Balaban J connectivity index is 2.22. The molecule has 4 rings (SSSR count). The summed E-state index contributed by atoms with van der Waals surface area (Å²) >= 11 is 0. The fourth-order valence-electron chi connectivity index (χ4n) is 4.23. The number of aromatic nitrogens is 1. The van der Waals surface area contributed by atoms with Crippen LogP contribution in [0.15, 0.2) is 48.5 Å². The van der Waals surface area contributed by atoms with Crippen LogP contribution in [-0.2, 0) is 10.2 Å². The topological polar surface area (TPSA) is 39.2 Å². The van der Waals surface area contributed by atoms with Crippen LogP contribution in [-0.4, -0.2) is 17.9 Å². The van der Waals surface area contributed by atoms with Crippen LogP contribution in [0, 0.1) is 0 Å². The van der Waals surface area contributed by atoms with Gasteiger partial charge in [-0.15, -0.1) is 0 Å². The third-order valence-corrected chi connectivity index (χ3v) is 5.31. The van der Waals surface area contributed by atoms with Crippen molar-refractivity contribution in [2.24, 2.45) is 0 Å². The smallest absolute Gasteiger partial charge is 0.160 e. The number of hydrogen-bond donors (Lipinski definition) is 0. The van der Waals surface area contributed by atoms with Crippen molar-refractivity contribution >= 4 is 16.7 Å². The Morgan fingerprint density at radius 2 is 1.76 bits per heavy atom. The predicted octanol–water partition coefficient (Wildman–Crippen LogP) is 5.08. The van der Waals surface area contributed by atoms with Crippen molar-refractivity contribution in [3.05, 3.63) is 65.2 Å². The number of fused-ring (bicyclic) bond motifs is 4. The second-order valence-corrected chi connectivity index (χ2v) is 7.21. The number of ether oxygens (including phenoxy) is 1. The maximum atomic E-state index is 12.6. The lowest BCUT2D eigenvalue weighted by molar-refractivity contribution is 0.0425. The van der Waals surface area contributed by atoms with Crippen molar-refractivity contribution in [1.29, 1.82) is 0 Å². The minimum absolute atomic E-state index is 0.0482. The van der Waals surface area contributed by atoms with Gasteiger partial charge in [-0.2, -0.15) is 0 Å². The van der Waals surface area contributed by atoms with Gasteiger partial charge in [0.1, 0.15) is 0 Å². The highest BCUT2D eigenvalue weighted by molar-refractivity contribution is 6.09. The van der Waals surface area contributed by atoms with Crippen LogP contribution in [0.2, 0.25) is 0 Å². The Morgan fingerprint density at radius 1 is 1.08 bits per heavy atom. The summed E-state index contributed by atoms with van der Waals surface area (Å²) in [5, 5.41) is 0.894. The Kier molecular flexibility index (Phi) is 3.51. The van der Waals surface area contributed by atoms with Gasteiger partial charge in [0.15, 0.2) is 5.78 Å². The third-order valence-electron chi connectivity index (χ3n) is 5.31. The summed E-state index contributed by atoms with van der Waals surface area (Å²) in [6.07, 6.45) is -0.228. The molecule has 2 aromatic carbocycles. The first-order chi connectivity index (χ1) is 12.0. The summed E-state index contributed by atoms with van der Waals surface area (Å²) in [6, 6.07) is 16.1. The maximum absolute atomic E-state index is 12.6. The lowest BCUT2D eigenvalue weighted by Gasteiger charge is -2.41. The Hall–Kier alpha value is -2.52. The summed E-state index contributed by atoms with van der Waals surface area (Å²) in [7, 11) is 1.71. The second kappa shape index (κ2) is 5.50. The molecular weight excluding hydrogens is 310 g/mol. The molecule has 25 heavy (non-hydrogen) atoms. The van der Waals surface area contributed by atoms with Crippen molar-refractivity contribution in [1.82, 2.24) is 4.98 Å².